The van der Waals surface area contributed by atoms with Crippen molar-refractivity contribution < 1.29 is 27.1 Å². The van der Waals surface area contributed by atoms with Crippen LogP contribution in [0.25, 0.3) is 11.0 Å². The summed E-state index contributed by atoms with van der Waals surface area (Å²) < 4.78 is 50.5. The third-order valence-electron chi connectivity index (χ3n) is 4.23. The molecule has 0 saturated heterocycles. The predicted octanol–water partition coefficient (Wildman–Crippen LogP) is 5.58. The van der Waals surface area contributed by atoms with Crippen LogP contribution >= 0.6 is 27.5 Å². The van der Waals surface area contributed by atoms with Crippen molar-refractivity contribution >= 4 is 50.2 Å². The number of halogens is 5. The highest BCUT2D eigenvalue weighted by Gasteiger charge is 2.33. The summed E-state index contributed by atoms with van der Waals surface area (Å²) in [5.41, 5.74) is -1.56. The number of benzene rings is 1. The summed E-state index contributed by atoms with van der Waals surface area (Å²) in [4.78, 5) is 28.2. The maximum absolute atomic E-state index is 13.4. The van der Waals surface area contributed by atoms with Gasteiger partial charge in [-0.2, -0.15) is 13.2 Å². The highest BCUT2D eigenvalue weighted by atomic mass is 79.9. The molecule has 6 nitrogen and oxygen atoms in total. The van der Waals surface area contributed by atoms with Gasteiger partial charge < -0.3 is 14.5 Å². The van der Waals surface area contributed by atoms with Crippen LogP contribution in [0.15, 0.2) is 44.2 Å². The van der Waals surface area contributed by atoms with Gasteiger partial charge in [0.05, 0.1) is 29.8 Å². The molecule has 158 valence electrons. The first-order valence-corrected chi connectivity index (χ1v) is 9.54. The molecule has 3 aromatic rings. The summed E-state index contributed by atoms with van der Waals surface area (Å²) in [5, 5.41) is 2.72. The molecular weight excluding hydrogens is 493 g/mol. The van der Waals surface area contributed by atoms with E-state index in [0.29, 0.717) is 0 Å². The fourth-order valence-electron chi connectivity index (χ4n) is 2.86. The molecule has 0 amide bonds. The van der Waals surface area contributed by atoms with Crippen molar-refractivity contribution in [1.29, 1.82) is 0 Å². The fraction of sp³-hybridized carbons (Fsp3) is 0.211. The molecule has 1 aromatic carbocycles. The minimum absolute atomic E-state index is 0.0242. The van der Waals surface area contributed by atoms with Gasteiger partial charge in [0.2, 0.25) is 0 Å². The summed E-state index contributed by atoms with van der Waals surface area (Å²) in [5.74, 6) is -0.782. The van der Waals surface area contributed by atoms with Crippen LogP contribution < -0.4 is 10.7 Å². The topological polar surface area (TPSA) is 81.4 Å². The number of pyridine rings is 1. The molecule has 1 N–H and O–H groups in total. The SMILES string of the molecule is COC(=O)c1nc(Cl)ccc1NC(C)c1cc(C(F)(F)F)cc2c(=O)cc(Br)oc12. The number of ether oxygens (including phenoxy) is 1. The average Bonchev–Trinajstić information content (AvgIpc) is 2.67. The van der Waals surface area contributed by atoms with Crippen LogP contribution in [0.2, 0.25) is 5.15 Å². The number of methoxy groups -OCH3 is 1. The van der Waals surface area contributed by atoms with Crippen LogP contribution in [-0.2, 0) is 10.9 Å². The van der Waals surface area contributed by atoms with Crippen molar-refractivity contribution in [2.45, 2.75) is 19.1 Å². The molecule has 2 heterocycles. The van der Waals surface area contributed by atoms with E-state index in [4.69, 9.17) is 16.0 Å². The molecule has 1 unspecified atom stereocenters. The summed E-state index contributed by atoms with van der Waals surface area (Å²) >= 11 is 8.87. The standard InChI is InChI=1S/C19H13BrClF3N2O4/c1-8(25-12-3-4-15(21)26-16(12)18(28)29-2)10-5-9(19(22,23)24)6-11-13(27)7-14(20)30-17(10)11/h3-8,25H,1-2H3. The van der Waals surface area contributed by atoms with Crippen molar-refractivity contribution in [3.63, 3.8) is 0 Å². The van der Waals surface area contributed by atoms with E-state index in [1.54, 1.807) is 6.92 Å². The first kappa shape index (κ1) is 22.1. The summed E-state index contributed by atoms with van der Waals surface area (Å²) in [6.07, 6.45) is -4.68. The normalized spacial score (nSPS) is 12.6. The number of carbonyl (C=O) groups is 1. The summed E-state index contributed by atoms with van der Waals surface area (Å²) in [6, 6.07) is 4.70. The van der Waals surface area contributed by atoms with Gasteiger partial charge in [-0.1, -0.05) is 11.6 Å². The van der Waals surface area contributed by atoms with Gasteiger partial charge in [0, 0.05) is 11.6 Å². The molecule has 3 rings (SSSR count). The molecule has 0 spiro atoms. The third-order valence-corrected chi connectivity index (χ3v) is 4.83. The Bertz CT molecular complexity index is 1200. The molecular formula is C19H13BrClF3N2O4. The minimum Gasteiger partial charge on any atom is -0.464 e. The molecule has 30 heavy (non-hydrogen) atoms. The largest absolute Gasteiger partial charge is 0.464 e. The molecule has 0 aliphatic carbocycles. The number of hydrogen-bond acceptors (Lipinski definition) is 6. The molecule has 0 saturated carbocycles. The van der Waals surface area contributed by atoms with E-state index >= 15 is 0 Å². The lowest BCUT2D eigenvalue weighted by Crippen LogP contribution is -2.16. The summed E-state index contributed by atoms with van der Waals surface area (Å²) in [7, 11) is 1.16. The molecule has 0 aliphatic heterocycles. The van der Waals surface area contributed by atoms with Crippen molar-refractivity contribution in [1.82, 2.24) is 4.98 Å². The molecule has 0 fully saturated rings. The van der Waals surface area contributed by atoms with E-state index in [1.807, 2.05) is 0 Å². The number of carbonyl (C=O) groups excluding carboxylic acids is 1. The number of alkyl halides is 3. The lowest BCUT2D eigenvalue weighted by molar-refractivity contribution is -0.137. The van der Waals surface area contributed by atoms with Gasteiger partial charge in [-0.25, -0.2) is 9.78 Å². The highest BCUT2D eigenvalue weighted by molar-refractivity contribution is 9.10. The Morgan fingerprint density at radius 2 is 2.00 bits per heavy atom. The van der Waals surface area contributed by atoms with E-state index in [1.165, 1.54) is 12.1 Å². The highest BCUT2D eigenvalue weighted by Crippen LogP contribution is 2.36. The van der Waals surface area contributed by atoms with Crippen molar-refractivity contribution in [3.8, 4) is 0 Å². The number of rotatable bonds is 4. The zero-order valence-electron chi connectivity index (χ0n) is 15.4. The van der Waals surface area contributed by atoms with Gasteiger partial charge in [-0.3, -0.25) is 4.79 Å². The number of nitrogens with zero attached hydrogens (tertiary/aromatic N) is 1. The van der Waals surface area contributed by atoms with Crippen LogP contribution in [0.4, 0.5) is 18.9 Å². The Morgan fingerprint density at radius 1 is 1.30 bits per heavy atom. The van der Waals surface area contributed by atoms with Crippen LogP contribution in [0.5, 0.6) is 0 Å². The molecule has 0 radical (unpaired) electrons. The quantitative estimate of drug-likeness (QED) is 0.368. The van der Waals surface area contributed by atoms with Crippen LogP contribution in [-0.4, -0.2) is 18.1 Å². The Morgan fingerprint density at radius 3 is 2.63 bits per heavy atom. The van der Waals surface area contributed by atoms with Crippen LogP contribution in [0, 0.1) is 0 Å². The summed E-state index contributed by atoms with van der Waals surface area (Å²) in [6.45, 7) is 1.55. The monoisotopic (exact) mass is 504 g/mol. The maximum Gasteiger partial charge on any atom is 0.416 e. The van der Waals surface area contributed by atoms with Gasteiger partial charge in [-0.05, 0) is 47.1 Å². The first-order chi connectivity index (χ1) is 14.0. The van der Waals surface area contributed by atoms with Gasteiger partial charge in [-0.15, -0.1) is 0 Å². The van der Waals surface area contributed by atoms with Gasteiger partial charge in [0.25, 0.3) is 0 Å². The zero-order valence-corrected chi connectivity index (χ0v) is 17.8. The first-order valence-electron chi connectivity index (χ1n) is 8.37. The van der Waals surface area contributed by atoms with Crippen molar-refractivity contribution in [2.75, 3.05) is 12.4 Å². The van der Waals surface area contributed by atoms with Crippen LogP contribution in [0.3, 0.4) is 0 Å². The Balaban J connectivity index is 2.17. The number of hydrogen-bond donors (Lipinski definition) is 1. The van der Waals surface area contributed by atoms with E-state index in [2.05, 4.69) is 31.0 Å². The van der Waals surface area contributed by atoms with E-state index < -0.39 is 29.2 Å². The van der Waals surface area contributed by atoms with E-state index in [9.17, 15) is 22.8 Å². The lowest BCUT2D eigenvalue weighted by atomic mass is 10.00. The smallest absolute Gasteiger partial charge is 0.416 e. The second-order valence-electron chi connectivity index (χ2n) is 6.24. The van der Waals surface area contributed by atoms with Gasteiger partial charge in [0.15, 0.2) is 15.8 Å². The van der Waals surface area contributed by atoms with Crippen molar-refractivity contribution in [3.05, 3.63) is 67.2 Å². The van der Waals surface area contributed by atoms with Gasteiger partial charge >= 0.3 is 12.1 Å². The van der Waals surface area contributed by atoms with Crippen molar-refractivity contribution in [2.24, 2.45) is 0 Å². The second kappa shape index (κ2) is 8.27. The zero-order chi connectivity index (χ0) is 22.2. The van der Waals surface area contributed by atoms with Gasteiger partial charge in [0.1, 0.15) is 10.7 Å². The van der Waals surface area contributed by atoms with E-state index in [-0.39, 0.29) is 37.7 Å². The Kier molecular flexibility index (Phi) is 6.09. The molecule has 0 aliphatic rings. The maximum atomic E-state index is 13.4. The Hall–Kier alpha value is -2.59. The molecule has 2 aromatic heterocycles. The number of esters is 1. The number of anilines is 1. The predicted molar refractivity (Wildman–Crippen MR) is 108 cm³/mol. The number of aromatic nitrogens is 1. The number of fused-ring (bicyclic) bond motifs is 1. The third kappa shape index (κ3) is 4.44. The average molecular weight is 506 g/mol. The fourth-order valence-corrected chi connectivity index (χ4v) is 3.37. The Labute approximate surface area is 181 Å². The minimum atomic E-state index is -4.68. The van der Waals surface area contributed by atoms with E-state index in [0.717, 1.165) is 25.3 Å². The molecule has 0 bridgehead atoms. The van der Waals surface area contributed by atoms with Crippen LogP contribution in [0.1, 0.15) is 34.6 Å². The number of nitrogens with one attached hydrogen (secondary N) is 1. The molecule has 11 heteroatoms. The second-order valence-corrected chi connectivity index (χ2v) is 7.41. The lowest BCUT2D eigenvalue weighted by Gasteiger charge is -2.20. The molecule has 1 atom stereocenters.